The van der Waals surface area contributed by atoms with Crippen molar-refractivity contribution in [2.45, 2.75) is 6.92 Å². The minimum atomic E-state index is -0.824. The molecule has 0 aliphatic heterocycles. The molecular weight excluding hydrogens is 354 g/mol. The fraction of sp³-hybridized carbons (Fsp3) is 0.167. The van der Waals surface area contributed by atoms with Crippen molar-refractivity contribution in [1.82, 2.24) is 9.88 Å². The smallest absolute Gasteiger partial charge is 0.414 e. The van der Waals surface area contributed by atoms with E-state index in [1.807, 2.05) is 24.3 Å². The van der Waals surface area contributed by atoms with Gasteiger partial charge in [0.25, 0.3) is 11.8 Å². The first-order valence-electron chi connectivity index (χ1n) is 7.92. The minimum absolute atomic E-state index is 0.160. The average Bonchev–Trinajstić information content (AvgIpc) is 3.20. The van der Waals surface area contributed by atoms with Crippen LogP contribution in [0.25, 0.3) is 10.9 Å². The van der Waals surface area contributed by atoms with Crippen LogP contribution >= 0.6 is 11.3 Å². The van der Waals surface area contributed by atoms with E-state index in [-0.39, 0.29) is 18.1 Å². The van der Waals surface area contributed by atoms with Gasteiger partial charge in [0.1, 0.15) is 10.7 Å². The maximum atomic E-state index is 12.7. The summed E-state index contributed by atoms with van der Waals surface area (Å²) in [4.78, 5) is 36.2. The molecule has 2 N–H and O–H groups in total. The standard InChI is InChI=1S/C18H17N3O4S/c1-3-25-18(24)20-15(22)12-8-9-26-17(12)19-16(23)14-10-11-6-4-5-7-13(11)21(14)2/h4-10H,3H2,1-2H3,(H,19,23)(H,20,22,24). The Morgan fingerprint density at radius 2 is 1.92 bits per heavy atom. The number of amides is 3. The molecule has 0 atom stereocenters. The van der Waals surface area contributed by atoms with Gasteiger partial charge in [0.05, 0.1) is 12.2 Å². The van der Waals surface area contributed by atoms with Gasteiger partial charge < -0.3 is 14.6 Å². The fourth-order valence-corrected chi connectivity index (χ4v) is 3.37. The van der Waals surface area contributed by atoms with Crippen molar-refractivity contribution in [1.29, 1.82) is 0 Å². The molecule has 0 spiro atoms. The van der Waals surface area contributed by atoms with E-state index in [9.17, 15) is 14.4 Å². The van der Waals surface area contributed by atoms with Crippen LogP contribution in [0.2, 0.25) is 0 Å². The second kappa shape index (κ2) is 7.40. The molecule has 0 fully saturated rings. The number of nitrogens with zero attached hydrogens (tertiary/aromatic N) is 1. The summed E-state index contributed by atoms with van der Waals surface area (Å²) in [6.45, 7) is 1.80. The lowest BCUT2D eigenvalue weighted by Gasteiger charge is -2.08. The maximum absolute atomic E-state index is 12.7. The zero-order valence-electron chi connectivity index (χ0n) is 14.2. The Balaban J connectivity index is 1.80. The molecule has 0 aliphatic rings. The molecule has 2 aromatic heterocycles. The predicted molar refractivity (Wildman–Crippen MR) is 99.7 cm³/mol. The van der Waals surface area contributed by atoms with Crippen LogP contribution in [-0.2, 0) is 11.8 Å². The van der Waals surface area contributed by atoms with Gasteiger partial charge in [0, 0.05) is 18.0 Å². The number of rotatable bonds is 4. The number of hydrogen-bond donors (Lipinski definition) is 2. The highest BCUT2D eigenvalue weighted by molar-refractivity contribution is 7.14. The van der Waals surface area contributed by atoms with Crippen molar-refractivity contribution < 1.29 is 19.1 Å². The molecule has 7 nitrogen and oxygen atoms in total. The van der Waals surface area contributed by atoms with Crippen molar-refractivity contribution in [2.24, 2.45) is 7.05 Å². The van der Waals surface area contributed by atoms with Crippen LogP contribution in [0.15, 0.2) is 41.8 Å². The number of anilines is 1. The number of ether oxygens (including phenoxy) is 1. The molecule has 26 heavy (non-hydrogen) atoms. The topological polar surface area (TPSA) is 89.4 Å². The summed E-state index contributed by atoms with van der Waals surface area (Å²) in [5.41, 5.74) is 1.61. The minimum Gasteiger partial charge on any atom is -0.450 e. The average molecular weight is 371 g/mol. The van der Waals surface area contributed by atoms with E-state index in [0.717, 1.165) is 10.9 Å². The maximum Gasteiger partial charge on any atom is 0.414 e. The monoisotopic (exact) mass is 371 g/mol. The number of alkyl carbamates (subject to hydrolysis) is 1. The van der Waals surface area contributed by atoms with Gasteiger partial charge in [-0.1, -0.05) is 18.2 Å². The molecule has 0 saturated heterocycles. The van der Waals surface area contributed by atoms with Crippen LogP contribution in [0.4, 0.5) is 9.80 Å². The SMILES string of the molecule is CCOC(=O)NC(=O)c1ccsc1NC(=O)c1cc2ccccc2n1C. The van der Waals surface area contributed by atoms with Gasteiger partial charge in [-0.05, 0) is 30.5 Å². The van der Waals surface area contributed by atoms with Crippen LogP contribution in [0.3, 0.4) is 0 Å². The highest BCUT2D eigenvalue weighted by atomic mass is 32.1. The van der Waals surface area contributed by atoms with E-state index >= 15 is 0 Å². The number of hydrogen-bond acceptors (Lipinski definition) is 5. The summed E-state index contributed by atoms with van der Waals surface area (Å²) in [6.07, 6.45) is -0.824. The lowest BCUT2D eigenvalue weighted by atomic mass is 10.2. The van der Waals surface area contributed by atoms with Crippen LogP contribution in [0.5, 0.6) is 0 Å². The third kappa shape index (κ3) is 3.45. The van der Waals surface area contributed by atoms with Crippen molar-refractivity contribution in [3.05, 3.63) is 53.0 Å². The van der Waals surface area contributed by atoms with Gasteiger partial charge in [-0.3, -0.25) is 14.9 Å². The van der Waals surface area contributed by atoms with Gasteiger partial charge in [-0.15, -0.1) is 11.3 Å². The number of imide groups is 1. The summed E-state index contributed by atoms with van der Waals surface area (Å²) in [7, 11) is 1.81. The highest BCUT2D eigenvalue weighted by Gasteiger charge is 2.20. The number of aryl methyl sites for hydroxylation is 1. The van der Waals surface area contributed by atoms with Gasteiger partial charge in [0.2, 0.25) is 0 Å². The van der Waals surface area contributed by atoms with Crippen LogP contribution in [0.1, 0.15) is 27.8 Å². The Morgan fingerprint density at radius 3 is 2.65 bits per heavy atom. The summed E-state index contributed by atoms with van der Waals surface area (Å²) >= 11 is 1.20. The lowest BCUT2D eigenvalue weighted by Crippen LogP contribution is -2.31. The Labute approximate surface area is 153 Å². The number of aromatic nitrogens is 1. The largest absolute Gasteiger partial charge is 0.450 e. The molecule has 0 radical (unpaired) electrons. The number of para-hydroxylation sites is 1. The van der Waals surface area contributed by atoms with E-state index in [2.05, 4.69) is 10.6 Å². The Hall–Kier alpha value is -3.13. The van der Waals surface area contributed by atoms with E-state index < -0.39 is 12.0 Å². The second-order valence-corrected chi connectivity index (χ2v) is 6.36. The highest BCUT2D eigenvalue weighted by Crippen LogP contribution is 2.25. The predicted octanol–water partition coefficient (Wildman–Crippen LogP) is 3.38. The van der Waals surface area contributed by atoms with Crippen LogP contribution in [-0.4, -0.2) is 29.1 Å². The molecule has 134 valence electrons. The summed E-state index contributed by atoms with van der Waals surface area (Å²) in [6, 6.07) is 11.0. The van der Waals surface area contributed by atoms with Crippen LogP contribution < -0.4 is 10.6 Å². The summed E-state index contributed by atoms with van der Waals surface area (Å²) < 4.78 is 6.48. The Kier molecular flexibility index (Phi) is 5.04. The van der Waals surface area contributed by atoms with Crippen molar-refractivity contribution >= 4 is 45.1 Å². The molecule has 1 aromatic carbocycles. The molecule has 3 aromatic rings. The number of fused-ring (bicyclic) bond motifs is 1. The Bertz CT molecular complexity index is 989. The zero-order chi connectivity index (χ0) is 18.7. The third-order valence-corrected chi connectivity index (χ3v) is 4.64. The molecular formula is C18H17N3O4S. The first-order valence-corrected chi connectivity index (χ1v) is 8.80. The summed E-state index contributed by atoms with van der Waals surface area (Å²) in [5.74, 6) is -0.964. The van der Waals surface area contributed by atoms with Crippen LogP contribution in [0, 0.1) is 0 Å². The number of thiophene rings is 1. The third-order valence-electron chi connectivity index (χ3n) is 3.81. The van der Waals surface area contributed by atoms with E-state index in [1.54, 1.807) is 30.0 Å². The zero-order valence-corrected chi connectivity index (χ0v) is 15.1. The quantitative estimate of drug-likeness (QED) is 0.736. The van der Waals surface area contributed by atoms with Gasteiger partial charge in [0.15, 0.2) is 0 Å². The molecule has 2 heterocycles. The second-order valence-electron chi connectivity index (χ2n) is 5.44. The van der Waals surface area contributed by atoms with E-state index in [0.29, 0.717) is 10.7 Å². The molecule has 3 rings (SSSR count). The van der Waals surface area contributed by atoms with Gasteiger partial charge in [-0.2, -0.15) is 0 Å². The molecule has 0 saturated carbocycles. The van der Waals surface area contributed by atoms with Gasteiger partial charge >= 0.3 is 6.09 Å². The van der Waals surface area contributed by atoms with E-state index in [1.165, 1.54) is 17.4 Å². The number of carbonyl (C=O) groups excluding carboxylic acids is 3. The first kappa shape index (κ1) is 17.7. The van der Waals surface area contributed by atoms with Crippen molar-refractivity contribution in [3.63, 3.8) is 0 Å². The first-order chi connectivity index (χ1) is 12.5. The molecule has 3 amide bonds. The lowest BCUT2D eigenvalue weighted by molar-refractivity contribution is 0.0926. The van der Waals surface area contributed by atoms with Crippen molar-refractivity contribution in [2.75, 3.05) is 11.9 Å². The van der Waals surface area contributed by atoms with E-state index in [4.69, 9.17) is 4.74 Å². The fourth-order valence-electron chi connectivity index (χ4n) is 2.59. The molecule has 8 heteroatoms. The Morgan fingerprint density at radius 1 is 1.15 bits per heavy atom. The number of carbonyl (C=O) groups is 3. The molecule has 0 bridgehead atoms. The van der Waals surface area contributed by atoms with Crippen molar-refractivity contribution in [3.8, 4) is 0 Å². The molecule has 0 unspecified atom stereocenters. The number of benzene rings is 1. The number of nitrogens with one attached hydrogen (secondary N) is 2. The summed E-state index contributed by atoms with van der Waals surface area (Å²) in [5, 5.41) is 7.84. The van der Waals surface area contributed by atoms with Gasteiger partial charge in [-0.25, -0.2) is 4.79 Å². The molecule has 0 aliphatic carbocycles. The normalized spacial score (nSPS) is 10.5.